The zero-order valence-corrected chi connectivity index (χ0v) is 10.4. The van der Waals surface area contributed by atoms with E-state index in [4.69, 9.17) is 0 Å². The van der Waals surface area contributed by atoms with Gasteiger partial charge in [-0.25, -0.2) is 0 Å². The van der Waals surface area contributed by atoms with Crippen molar-refractivity contribution in [2.45, 2.75) is 52.9 Å². The van der Waals surface area contributed by atoms with E-state index in [0.717, 1.165) is 25.7 Å². The minimum absolute atomic E-state index is 0.261. The van der Waals surface area contributed by atoms with Crippen molar-refractivity contribution in [3.05, 3.63) is 10.1 Å². The summed E-state index contributed by atoms with van der Waals surface area (Å²) >= 11 is 3.56. The van der Waals surface area contributed by atoms with E-state index < -0.39 is 0 Å². The molecule has 0 amide bonds. The van der Waals surface area contributed by atoms with E-state index in [0.29, 0.717) is 6.42 Å². The molecule has 0 aromatic carbocycles. The Balaban J connectivity index is 4.35. The van der Waals surface area contributed by atoms with Crippen molar-refractivity contribution in [2.24, 2.45) is 0 Å². The first-order valence-electron chi connectivity index (χ1n) is 4.97. The molecular weight excluding hydrogens is 228 g/mol. The number of hydrogen-bond acceptors (Lipinski definition) is 1. The molecule has 76 valence electrons. The Kier molecular flexibility index (Phi) is 7.25. The zero-order chi connectivity index (χ0) is 10.3. The highest BCUT2D eigenvalue weighted by atomic mass is 79.9. The summed E-state index contributed by atoms with van der Waals surface area (Å²) < 4.78 is 1.24. The van der Waals surface area contributed by atoms with E-state index in [9.17, 15) is 4.79 Å². The Labute approximate surface area is 89.7 Å². The van der Waals surface area contributed by atoms with Crippen molar-refractivity contribution < 1.29 is 4.79 Å². The van der Waals surface area contributed by atoms with E-state index >= 15 is 0 Å². The van der Waals surface area contributed by atoms with Gasteiger partial charge in [0.05, 0.1) is 0 Å². The highest BCUT2D eigenvalue weighted by Crippen LogP contribution is 2.24. The molecule has 0 spiro atoms. The van der Waals surface area contributed by atoms with E-state index in [1.54, 1.807) is 6.92 Å². The second kappa shape index (κ2) is 7.31. The van der Waals surface area contributed by atoms with E-state index in [1.807, 2.05) is 0 Å². The summed E-state index contributed by atoms with van der Waals surface area (Å²) in [6, 6.07) is 0. The minimum Gasteiger partial charge on any atom is -0.300 e. The number of Topliss-reactive ketones (excluding diaryl/α,β-unsaturated/α-hetero) is 1. The molecular formula is C11H19BrO. The lowest BCUT2D eigenvalue weighted by atomic mass is 10.0. The number of allylic oxidation sites excluding steroid dienone is 2. The molecule has 2 heteroatoms. The average Bonchev–Trinajstić information content (AvgIpc) is 2.03. The van der Waals surface area contributed by atoms with Crippen molar-refractivity contribution >= 4 is 21.7 Å². The summed E-state index contributed by atoms with van der Waals surface area (Å²) in [6.45, 7) is 5.95. The summed E-state index contributed by atoms with van der Waals surface area (Å²) in [7, 11) is 0. The molecule has 0 unspecified atom stereocenters. The largest absolute Gasteiger partial charge is 0.300 e. The number of halogens is 1. The van der Waals surface area contributed by atoms with Gasteiger partial charge in [0.25, 0.3) is 0 Å². The lowest BCUT2D eigenvalue weighted by Crippen LogP contribution is -1.96. The van der Waals surface area contributed by atoms with Gasteiger partial charge in [0.1, 0.15) is 5.78 Å². The monoisotopic (exact) mass is 246 g/mol. The number of rotatable bonds is 6. The molecule has 0 saturated heterocycles. The average molecular weight is 247 g/mol. The molecule has 13 heavy (non-hydrogen) atoms. The summed E-state index contributed by atoms with van der Waals surface area (Å²) in [5.74, 6) is 0.261. The van der Waals surface area contributed by atoms with Crippen LogP contribution in [0.25, 0.3) is 0 Å². The molecule has 0 rings (SSSR count). The lowest BCUT2D eigenvalue weighted by molar-refractivity contribution is -0.116. The zero-order valence-electron chi connectivity index (χ0n) is 8.82. The highest BCUT2D eigenvalue weighted by molar-refractivity contribution is 9.11. The molecule has 0 radical (unpaired) electrons. The summed E-state index contributed by atoms with van der Waals surface area (Å²) in [5, 5.41) is 0. The third kappa shape index (κ3) is 6.03. The Morgan fingerprint density at radius 3 is 2.08 bits per heavy atom. The van der Waals surface area contributed by atoms with Crippen molar-refractivity contribution in [1.82, 2.24) is 0 Å². The summed E-state index contributed by atoms with van der Waals surface area (Å²) in [5.41, 5.74) is 1.29. The highest BCUT2D eigenvalue weighted by Gasteiger charge is 2.05. The summed E-state index contributed by atoms with van der Waals surface area (Å²) in [6.07, 6.45) is 4.96. The SMILES string of the molecule is CCC/C(Br)=C(\CCC)CC(C)=O. The molecule has 0 aliphatic heterocycles. The molecule has 0 aliphatic rings. The second-order valence-corrected chi connectivity index (χ2v) is 4.34. The van der Waals surface area contributed by atoms with Crippen LogP contribution in [0.1, 0.15) is 52.9 Å². The molecule has 0 fully saturated rings. The van der Waals surface area contributed by atoms with E-state index in [-0.39, 0.29) is 5.78 Å². The van der Waals surface area contributed by atoms with Crippen LogP contribution >= 0.6 is 15.9 Å². The van der Waals surface area contributed by atoms with Crippen LogP contribution in [-0.2, 0) is 4.79 Å². The predicted octanol–water partition coefficient (Wildman–Crippen LogP) is 4.21. The van der Waals surface area contributed by atoms with Gasteiger partial charge in [-0.1, -0.05) is 48.2 Å². The maximum absolute atomic E-state index is 11.0. The van der Waals surface area contributed by atoms with Crippen LogP contribution in [0, 0.1) is 0 Å². The number of carbonyl (C=O) groups excluding carboxylic acids is 1. The Morgan fingerprint density at radius 1 is 1.15 bits per heavy atom. The molecule has 0 aromatic rings. The smallest absolute Gasteiger partial charge is 0.133 e. The molecule has 0 atom stereocenters. The fourth-order valence-corrected chi connectivity index (χ4v) is 2.05. The molecule has 0 N–H and O–H groups in total. The quantitative estimate of drug-likeness (QED) is 0.686. The van der Waals surface area contributed by atoms with Crippen LogP contribution in [-0.4, -0.2) is 5.78 Å². The van der Waals surface area contributed by atoms with Crippen molar-refractivity contribution in [3.63, 3.8) is 0 Å². The van der Waals surface area contributed by atoms with Crippen molar-refractivity contribution in [2.75, 3.05) is 0 Å². The first kappa shape index (κ1) is 12.9. The standard InChI is InChI=1S/C11H19BrO/c1-4-6-10(8-9(3)13)11(12)7-5-2/h4-8H2,1-3H3/b11-10-. The third-order valence-corrected chi connectivity index (χ3v) is 2.82. The Hall–Kier alpha value is -0.110. The van der Waals surface area contributed by atoms with Gasteiger partial charge >= 0.3 is 0 Å². The molecule has 0 saturated carbocycles. The maximum Gasteiger partial charge on any atom is 0.133 e. The van der Waals surface area contributed by atoms with E-state index in [1.165, 1.54) is 10.1 Å². The van der Waals surface area contributed by atoms with Gasteiger partial charge in [-0.05, 0) is 24.2 Å². The predicted molar refractivity (Wildman–Crippen MR) is 61.1 cm³/mol. The fraction of sp³-hybridized carbons (Fsp3) is 0.727. The van der Waals surface area contributed by atoms with Crippen LogP contribution in [0.15, 0.2) is 10.1 Å². The number of ketones is 1. The van der Waals surface area contributed by atoms with Crippen LogP contribution in [0.4, 0.5) is 0 Å². The molecule has 0 aromatic heterocycles. The topological polar surface area (TPSA) is 17.1 Å². The number of carbonyl (C=O) groups is 1. The van der Waals surface area contributed by atoms with Crippen molar-refractivity contribution in [3.8, 4) is 0 Å². The molecule has 0 heterocycles. The molecule has 0 aliphatic carbocycles. The van der Waals surface area contributed by atoms with Gasteiger partial charge in [-0.3, -0.25) is 4.79 Å². The third-order valence-electron chi connectivity index (χ3n) is 1.87. The van der Waals surface area contributed by atoms with Crippen LogP contribution in [0.2, 0.25) is 0 Å². The van der Waals surface area contributed by atoms with Gasteiger partial charge in [0.2, 0.25) is 0 Å². The lowest BCUT2D eigenvalue weighted by Gasteiger charge is -2.07. The first-order chi connectivity index (χ1) is 6.11. The molecule has 0 bridgehead atoms. The van der Waals surface area contributed by atoms with Crippen LogP contribution < -0.4 is 0 Å². The number of hydrogen-bond donors (Lipinski definition) is 0. The Morgan fingerprint density at radius 2 is 1.69 bits per heavy atom. The molecule has 1 nitrogen and oxygen atoms in total. The normalized spacial score (nSPS) is 12.6. The second-order valence-electron chi connectivity index (χ2n) is 3.39. The van der Waals surface area contributed by atoms with Gasteiger partial charge in [0, 0.05) is 6.42 Å². The van der Waals surface area contributed by atoms with Crippen LogP contribution in [0.3, 0.4) is 0 Å². The maximum atomic E-state index is 11.0. The van der Waals surface area contributed by atoms with Gasteiger partial charge < -0.3 is 0 Å². The fourth-order valence-electron chi connectivity index (χ4n) is 1.32. The van der Waals surface area contributed by atoms with Crippen LogP contribution in [0.5, 0.6) is 0 Å². The minimum atomic E-state index is 0.261. The van der Waals surface area contributed by atoms with E-state index in [2.05, 4.69) is 29.8 Å². The summed E-state index contributed by atoms with van der Waals surface area (Å²) in [4.78, 5) is 11.0. The van der Waals surface area contributed by atoms with Gasteiger partial charge in [-0.15, -0.1) is 0 Å². The van der Waals surface area contributed by atoms with Gasteiger partial charge in [-0.2, -0.15) is 0 Å². The van der Waals surface area contributed by atoms with Gasteiger partial charge in [0.15, 0.2) is 0 Å². The first-order valence-corrected chi connectivity index (χ1v) is 5.76. The Bertz CT molecular complexity index is 194. The van der Waals surface area contributed by atoms with Crippen molar-refractivity contribution in [1.29, 1.82) is 0 Å².